The van der Waals surface area contributed by atoms with Gasteiger partial charge >= 0.3 is 0 Å². The maximum atomic E-state index is 13.3. The number of hydrogen-bond donors (Lipinski definition) is 1. The monoisotopic (exact) mass is 523 g/mol. The summed E-state index contributed by atoms with van der Waals surface area (Å²) < 4.78 is 27.7. The van der Waals surface area contributed by atoms with Crippen LogP contribution in [0.25, 0.3) is 0 Å². The van der Waals surface area contributed by atoms with Crippen LogP contribution in [0, 0.1) is 6.92 Å². The molecule has 0 aromatic heterocycles. The largest absolute Gasteiger partial charge is 0.272 e. The molecule has 172 valence electrons. The molecule has 0 aliphatic heterocycles. The zero-order chi connectivity index (χ0) is 24.0. The summed E-state index contributed by atoms with van der Waals surface area (Å²) in [6, 6.07) is 18.2. The van der Waals surface area contributed by atoms with Gasteiger partial charge < -0.3 is 0 Å². The van der Waals surface area contributed by atoms with Crippen molar-refractivity contribution in [1.29, 1.82) is 0 Å². The van der Waals surface area contributed by atoms with Gasteiger partial charge in [0.1, 0.15) is 0 Å². The van der Waals surface area contributed by atoms with Crippen LogP contribution in [0.15, 0.2) is 76.7 Å². The maximum Gasteiger partial charge on any atom is 0.255 e. The molecule has 33 heavy (non-hydrogen) atoms. The molecule has 0 aliphatic carbocycles. The minimum Gasteiger partial charge on any atom is -0.272 e. The fourth-order valence-corrected chi connectivity index (χ4v) is 4.97. The van der Waals surface area contributed by atoms with Crippen molar-refractivity contribution in [3.63, 3.8) is 0 Å². The second-order valence-electron chi connectivity index (χ2n) is 7.11. The predicted octanol–water partition coefficient (Wildman–Crippen LogP) is 5.30. The van der Waals surface area contributed by atoms with Crippen molar-refractivity contribution >= 4 is 56.9 Å². The van der Waals surface area contributed by atoms with E-state index >= 15 is 0 Å². The van der Waals surface area contributed by atoms with Gasteiger partial charge in [-0.2, -0.15) is 9.41 Å². The van der Waals surface area contributed by atoms with Crippen molar-refractivity contribution in [3.05, 3.63) is 98.5 Å². The first kappa shape index (κ1) is 25.2. The normalized spacial score (nSPS) is 11.8. The van der Waals surface area contributed by atoms with Crippen LogP contribution in [0.3, 0.4) is 0 Å². The van der Waals surface area contributed by atoms with Crippen molar-refractivity contribution in [3.8, 4) is 0 Å². The summed E-state index contributed by atoms with van der Waals surface area (Å²) in [6.07, 6.45) is 1.30. The number of amides is 1. The number of carbonyl (C=O) groups excluding carboxylic acids is 1. The molecule has 0 unspecified atom stereocenters. The first-order chi connectivity index (χ1) is 15.7. The first-order valence-corrected chi connectivity index (χ1v) is 12.3. The van der Waals surface area contributed by atoms with Crippen molar-refractivity contribution in [2.24, 2.45) is 5.10 Å². The van der Waals surface area contributed by atoms with E-state index in [1.54, 1.807) is 54.6 Å². The van der Waals surface area contributed by atoms with Crippen LogP contribution in [0.4, 0.5) is 0 Å². The number of aryl methyl sites for hydroxylation is 1. The first-order valence-electron chi connectivity index (χ1n) is 9.74. The zero-order valence-electron chi connectivity index (χ0n) is 17.5. The van der Waals surface area contributed by atoms with Gasteiger partial charge in [-0.05, 0) is 42.8 Å². The van der Waals surface area contributed by atoms with Crippen LogP contribution in [0.5, 0.6) is 0 Å². The highest BCUT2D eigenvalue weighted by Crippen LogP contribution is 2.23. The van der Waals surface area contributed by atoms with Crippen molar-refractivity contribution in [2.75, 3.05) is 6.54 Å². The van der Waals surface area contributed by atoms with E-state index in [1.165, 1.54) is 18.3 Å². The van der Waals surface area contributed by atoms with Crippen LogP contribution >= 0.6 is 34.8 Å². The molecule has 3 aromatic carbocycles. The summed E-state index contributed by atoms with van der Waals surface area (Å²) in [5, 5.41) is 4.99. The lowest BCUT2D eigenvalue weighted by molar-refractivity contribution is -0.121. The van der Waals surface area contributed by atoms with E-state index in [0.29, 0.717) is 26.2 Å². The number of benzene rings is 3. The van der Waals surface area contributed by atoms with Crippen molar-refractivity contribution in [1.82, 2.24) is 9.73 Å². The molecular weight excluding hydrogens is 505 g/mol. The van der Waals surface area contributed by atoms with Gasteiger partial charge in [0, 0.05) is 17.1 Å². The topological polar surface area (TPSA) is 78.8 Å². The molecule has 0 heterocycles. The van der Waals surface area contributed by atoms with Crippen molar-refractivity contribution < 1.29 is 13.2 Å². The summed E-state index contributed by atoms with van der Waals surface area (Å²) in [5.74, 6) is -0.642. The second-order valence-corrected chi connectivity index (χ2v) is 10.3. The fraction of sp³-hybridized carbons (Fsp3) is 0.130. The minimum atomic E-state index is -4.00. The highest BCUT2D eigenvalue weighted by Gasteiger charge is 2.27. The minimum absolute atomic E-state index is 0.0688. The van der Waals surface area contributed by atoms with Gasteiger partial charge in [0.25, 0.3) is 5.91 Å². The predicted molar refractivity (Wildman–Crippen MR) is 132 cm³/mol. The Balaban J connectivity index is 1.83. The van der Waals surface area contributed by atoms with E-state index in [2.05, 4.69) is 10.5 Å². The SMILES string of the molecule is Cc1ccc(S(=O)(=O)N(CC(=O)N/N=C\c2c(Cl)cccc2Cl)Cc2ccccc2Cl)cc1. The highest BCUT2D eigenvalue weighted by atomic mass is 35.5. The maximum absolute atomic E-state index is 13.3. The van der Waals surface area contributed by atoms with Crippen LogP contribution in [0.2, 0.25) is 15.1 Å². The summed E-state index contributed by atoms with van der Waals surface area (Å²) in [5.41, 5.74) is 4.23. The van der Waals surface area contributed by atoms with E-state index in [9.17, 15) is 13.2 Å². The molecule has 0 spiro atoms. The molecule has 0 aliphatic rings. The van der Waals surface area contributed by atoms with Crippen molar-refractivity contribution in [2.45, 2.75) is 18.4 Å². The van der Waals surface area contributed by atoms with Gasteiger partial charge in [-0.1, -0.05) is 76.8 Å². The summed E-state index contributed by atoms with van der Waals surface area (Å²) in [7, 11) is -4.00. The highest BCUT2D eigenvalue weighted by molar-refractivity contribution is 7.89. The standard InChI is InChI=1S/C23H20Cl3N3O3S/c1-16-9-11-18(12-10-16)33(31,32)29(14-17-5-2-3-6-20(17)24)15-23(30)28-27-13-19-21(25)7-4-8-22(19)26/h2-13H,14-15H2,1H3,(H,28,30)/b27-13-. The lowest BCUT2D eigenvalue weighted by Gasteiger charge is -2.22. The Labute approximate surface area is 207 Å². The summed E-state index contributed by atoms with van der Waals surface area (Å²) in [4.78, 5) is 12.7. The van der Waals surface area contributed by atoms with Crippen LogP contribution in [-0.2, 0) is 21.4 Å². The third kappa shape index (κ3) is 6.56. The molecule has 1 N–H and O–H groups in total. The number of nitrogens with zero attached hydrogens (tertiary/aromatic N) is 2. The average Bonchev–Trinajstić information content (AvgIpc) is 2.77. The number of rotatable bonds is 8. The molecule has 0 atom stereocenters. The van der Waals surface area contributed by atoms with E-state index in [0.717, 1.165) is 9.87 Å². The molecule has 0 radical (unpaired) electrons. The van der Waals surface area contributed by atoms with Gasteiger partial charge in [-0.25, -0.2) is 13.8 Å². The number of halogens is 3. The molecule has 0 bridgehead atoms. The molecule has 1 amide bonds. The van der Waals surface area contributed by atoms with E-state index in [1.807, 2.05) is 6.92 Å². The number of carbonyl (C=O) groups is 1. The van der Waals surface area contributed by atoms with Crippen LogP contribution < -0.4 is 5.43 Å². The van der Waals surface area contributed by atoms with Crippen LogP contribution in [-0.4, -0.2) is 31.4 Å². The quantitative estimate of drug-likeness (QED) is 0.321. The smallest absolute Gasteiger partial charge is 0.255 e. The van der Waals surface area contributed by atoms with Crippen LogP contribution in [0.1, 0.15) is 16.7 Å². The Morgan fingerprint density at radius 3 is 2.18 bits per heavy atom. The molecule has 10 heteroatoms. The third-order valence-electron chi connectivity index (χ3n) is 4.67. The Morgan fingerprint density at radius 2 is 1.55 bits per heavy atom. The zero-order valence-corrected chi connectivity index (χ0v) is 20.6. The Bertz CT molecular complexity index is 1260. The molecule has 0 fully saturated rings. The lowest BCUT2D eigenvalue weighted by atomic mass is 10.2. The number of sulfonamides is 1. The van der Waals surface area contributed by atoms with E-state index in [4.69, 9.17) is 34.8 Å². The Kier molecular flexibility index (Phi) is 8.51. The number of hydrazone groups is 1. The Morgan fingerprint density at radius 1 is 0.939 bits per heavy atom. The summed E-state index contributed by atoms with van der Waals surface area (Å²) in [6.45, 7) is 1.28. The molecular formula is C23H20Cl3N3O3S. The Hall–Kier alpha value is -2.42. The molecule has 0 saturated heterocycles. The molecule has 0 saturated carbocycles. The van der Waals surface area contributed by atoms with Gasteiger partial charge in [0.05, 0.1) is 27.7 Å². The lowest BCUT2D eigenvalue weighted by Crippen LogP contribution is -2.39. The van der Waals surface area contributed by atoms with E-state index in [-0.39, 0.29) is 11.4 Å². The fourth-order valence-electron chi connectivity index (χ4n) is 2.90. The number of nitrogens with one attached hydrogen (secondary N) is 1. The van der Waals surface area contributed by atoms with E-state index < -0.39 is 22.5 Å². The van der Waals surface area contributed by atoms with Gasteiger partial charge in [0.15, 0.2) is 0 Å². The summed E-state index contributed by atoms with van der Waals surface area (Å²) >= 11 is 18.4. The molecule has 3 aromatic rings. The van der Waals surface area contributed by atoms with Gasteiger partial charge in [-0.3, -0.25) is 4.79 Å². The third-order valence-corrected chi connectivity index (χ3v) is 7.50. The number of hydrogen-bond acceptors (Lipinski definition) is 4. The average molecular weight is 525 g/mol. The molecule has 3 rings (SSSR count). The molecule has 6 nitrogen and oxygen atoms in total. The van der Waals surface area contributed by atoms with Gasteiger partial charge in [0.2, 0.25) is 10.0 Å². The van der Waals surface area contributed by atoms with Gasteiger partial charge in [-0.15, -0.1) is 0 Å². The second kappa shape index (κ2) is 11.1.